The van der Waals surface area contributed by atoms with E-state index in [0.29, 0.717) is 5.76 Å². The molecule has 0 unspecified atom stereocenters. The summed E-state index contributed by atoms with van der Waals surface area (Å²) in [5, 5.41) is 9.52. The predicted octanol–water partition coefficient (Wildman–Crippen LogP) is 5.62. The smallest absolute Gasteiger partial charge is 0.0882 e. The third-order valence-corrected chi connectivity index (χ3v) is 2.88. The van der Waals surface area contributed by atoms with Gasteiger partial charge in [-0.15, -0.1) is 0 Å². The number of rotatable bonds is 10. The van der Waals surface area contributed by atoms with Gasteiger partial charge < -0.3 is 5.11 Å². The minimum absolute atomic E-state index is 0.601. The van der Waals surface area contributed by atoms with Crippen molar-refractivity contribution in [3.63, 3.8) is 0 Å². The first kappa shape index (κ1) is 15.5. The van der Waals surface area contributed by atoms with Crippen LogP contribution in [0, 0.1) is 5.92 Å². The van der Waals surface area contributed by atoms with E-state index in [-0.39, 0.29) is 0 Å². The molecule has 0 aliphatic heterocycles. The van der Waals surface area contributed by atoms with E-state index in [2.05, 4.69) is 20.8 Å². The first-order valence-electron chi connectivity index (χ1n) is 7.04. The van der Waals surface area contributed by atoms with Gasteiger partial charge in [-0.2, -0.15) is 0 Å². The van der Waals surface area contributed by atoms with E-state index in [1.807, 2.05) is 6.08 Å². The highest BCUT2D eigenvalue weighted by Crippen LogP contribution is 2.13. The average Bonchev–Trinajstić information content (AvgIpc) is 2.24. The highest BCUT2D eigenvalue weighted by molar-refractivity contribution is 4.90. The quantitative estimate of drug-likeness (QED) is 0.379. The minimum atomic E-state index is 0.601. The first-order chi connectivity index (χ1) is 7.66. The molecule has 0 atom stereocenters. The Bertz CT molecular complexity index is 170. The van der Waals surface area contributed by atoms with Crippen molar-refractivity contribution in [2.75, 3.05) is 0 Å². The van der Waals surface area contributed by atoms with Gasteiger partial charge in [-0.1, -0.05) is 59.3 Å². The van der Waals surface area contributed by atoms with Gasteiger partial charge in [0.1, 0.15) is 0 Å². The normalized spacial score (nSPS) is 12.4. The fourth-order valence-corrected chi connectivity index (χ4v) is 1.80. The molecule has 0 aromatic rings. The molecule has 0 heterocycles. The van der Waals surface area contributed by atoms with Crippen LogP contribution >= 0.6 is 0 Å². The Balaban J connectivity index is 3.20. The second-order valence-corrected chi connectivity index (χ2v) is 5.18. The van der Waals surface area contributed by atoms with Gasteiger partial charge in [-0.3, -0.25) is 0 Å². The van der Waals surface area contributed by atoms with Crippen LogP contribution in [-0.4, -0.2) is 5.11 Å². The van der Waals surface area contributed by atoms with Gasteiger partial charge >= 0.3 is 0 Å². The topological polar surface area (TPSA) is 20.2 Å². The maximum Gasteiger partial charge on any atom is 0.0882 e. The number of hydrogen-bond acceptors (Lipinski definition) is 1. The molecular weight excluding hydrogens is 196 g/mol. The molecule has 1 nitrogen and oxygen atoms in total. The van der Waals surface area contributed by atoms with E-state index in [4.69, 9.17) is 0 Å². The van der Waals surface area contributed by atoms with Crippen molar-refractivity contribution in [1.82, 2.24) is 0 Å². The highest BCUT2D eigenvalue weighted by atomic mass is 16.3. The summed E-state index contributed by atoms with van der Waals surface area (Å²) in [5.41, 5.74) is 0. The minimum Gasteiger partial charge on any atom is -0.513 e. The molecule has 1 heteroatoms. The molecule has 16 heavy (non-hydrogen) atoms. The summed E-state index contributed by atoms with van der Waals surface area (Å²) in [6.45, 7) is 6.71. The van der Waals surface area contributed by atoms with Crippen molar-refractivity contribution in [1.29, 1.82) is 0 Å². The third kappa shape index (κ3) is 11.6. The summed E-state index contributed by atoms with van der Waals surface area (Å²) in [5.74, 6) is 1.45. The molecule has 0 aromatic carbocycles. The lowest BCUT2D eigenvalue weighted by molar-refractivity contribution is 0.376. The molecular formula is C15H30O. The fraction of sp³-hybridized carbons (Fsp3) is 0.867. The third-order valence-electron chi connectivity index (χ3n) is 2.88. The lowest BCUT2D eigenvalue weighted by Crippen LogP contribution is -1.88. The van der Waals surface area contributed by atoms with Crippen LogP contribution in [0.25, 0.3) is 0 Å². The Morgan fingerprint density at radius 3 is 2.31 bits per heavy atom. The second-order valence-electron chi connectivity index (χ2n) is 5.18. The van der Waals surface area contributed by atoms with Crippen LogP contribution in [-0.2, 0) is 0 Å². The van der Waals surface area contributed by atoms with Crippen LogP contribution in [0.3, 0.4) is 0 Å². The first-order valence-corrected chi connectivity index (χ1v) is 7.04. The van der Waals surface area contributed by atoms with Crippen LogP contribution in [0.5, 0.6) is 0 Å². The largest absolute Gasteiger partial charge is 0.513 e. The maximum absolute atomic E-state index is 9.52. The number of hydrogen-bond donors (Lipinski definition) is 1. The Kier molecular flexibility index (Phi) is 10.7. The molecule has 96 valence electrons. The molecule has 0 aromatic heterocycles. The summed E-state index contributed by atoms with van der Waals surface area (Å²) in [4.78, 5) is 0. The zero-order valence-electron chi connectivity index (χ0n) is 11.5. The van der Waals surface area contributed by atoms with Crippen LogP contribution in [0.15, 0.2) is 11.8 Å². The molecule has 1 N–H and O–H groups in total. The van der Waals surface area contributed by atoms with Crippen LogP contribution < -0.4 is 0 Å². The molecule has 0 saturated heterocycles. The van der Waals surface area contributed by atoms with Crippen LogP contribution in [0.4, 0.5) is 0 Å². The molecule has 0 saturated carbocycles. The lowest BCUT2D eigenvalue weighted by atomic mass is 10.0. The summed E-state index contributed by atoms with van der Waals surface area (Å²) < 4.78 is 0. The fourth-order valence-electron chi connectivity index (χ4n) is 1.80. The van der Waals surface area contributed by atoms with E-state index in [1.54, 1.807) is 0 Å². The number of allylic oxidation sites excluding steroid dienone is 2. The van der Waals surface area contributed by atoms with Gasteiger partial charge in [0.25, 0.3) is 0 Å². The van der Waals surface area contributed by atoms with Gasteiger partial charge in [-0.05, 0) is 24.8 Å². The molecule has 0 radical (unpaired) electrons. The Morgan fingerprint density at radius 2 is 1.69 bits per heavy atom. The Morgan fingerprint density at radius 1 is 1.06 bits per heavy atom. The average molecular weight is 226 g/mol. The van der Waals surface area contributed by atoms with E-state index >= 15 is 0 Å². The molecule has 0 bridgehead atoms. The maximum atomic E-state index is 9.52. The zero-order valence-corrected chi connectivity index (χ0v) is 11.5. The van der Waals surface area contributed by atoms with E-state index in [0.717, 1.165) is 31.6 Å². The van der Waals surface area contributed by atoms with Crippen molar-refractivity contribution in [3.8, 4) is 0 Å². The SMILES string of the molecule is CCCC=C(O)CCCCCCCC(C)C. The lowest BCUT2D eigenvalue weighted by Gasteiger charge is -2.04. The summed E-state index contributed by atoms with van der Waals surface area (Å²) >= 11 is 0. The van der Waals surface area contributed by atoms with Crippen molar-refractivity contribution in [3.05, 3.63) is 11.8 Å². The number of unbranched alkanes of at least 4 members (excludes halogenated alkanes) is 5. The highest BCUT2D eigenvalue weighted by Gasteiger charge is 1.96. The van der Waals surface area contributed by atoms with E-state index in [1.165, 1.54) is 32.1 Å². The van der Waals surface area contributed by atoms with Crippen molar-refractivity contribution >= 4 is 0 Å². The van der Waals surface area contributed by atoms with Crippen LogP contribution in [0.1, 0.15) is 78.6 Å². The molecule has 0 aliphatic carbocycles. The predicted molar refractivity (Wildman–Crippen MR) is 72.8 cm³/mol. The molecule has 0 fully saturated rings. The number of aliphatic hydroxyl groups excluding tert-OH is 1. The summed E-state index contributed by atoms with van der Waals surface area (Å²) in [6.07, 6.45) is 12.8. The van der Waals surface area contributed by atoms with Gasteiger partial charge in [0, 0.05) is 6.42 Å². The van der Waals surface area contributed by atoms with Crippen molar-refractivity contribution in [2.24, 2.45) is 5.92 Å². The van der Waals surface area contributed by atoms with E-state index < -0.39 is 0 Å². The van der Waals surface area contributed by atoms with E-state index in [9.17, 15) is 5.11 Å². The van der Waals surface area contributed by atoms with Crippen LogP contribution in [0.2, 0.25) is 0 Å². The zero-order chi connectivity index (χ0) is 12.2. The van der Waals surface area contributed by atoms with Gasteiger partial charge in [0.15, 0.2) is 0 Å². The molecule has 0 spiro atoms. The van der Waals surface area contributed by atoms with Gasteiger partial charge in [-0.25, -0.2) is 0 Å². The molecule has 0 aliphatic rings. The van der Waals surface area contributed by atoms with Crippen molar-refractivity contribution < 1.29 is 5.11 Å². The van der Waals surface area contributed by atoms with Crippen molar-refractivity contribution in [2.45, 2.75) is 78.6 Å². The van der Waals surface area contributed by atoms with Gasteiger partial charge in [0.2, 0.25) is 0 Å². The van der Waals surface area contributed by atoms with Gasteiger partial charge in [0.05, 0.1) is 5.76 Å². The monoisotopic (exact) mass is 226 g/mol. The standard InChI is InChI=1S/C15H30O/c1-4-5-12-15(16)13-10-8-6-7-9-11-14(2)3/h12,14,16H,4-11,13H2,1-3H3. The Hall–Kier alpha value is -0.460. The molecule has 0 amide bonds. The second kappa shape index (κ2) is 11.0. The summed E-state index contributed by atoms with van der Waals surface area (Å²) in [6, 6.07) is 0. The molecule has 0 rings (SSSR count). The number of aliphatic hydroxyl groups is 1. The summed E-state index contributed by atoms with van der Waals surface area (Å²) in [7, 11) is 0. The Labute approximate surface area is 102 Å².